The molecule has 0 spiro atoms. The van der Waals surface area contributed by atoms with Gasteiger partial charge in [-0.3, -0.25) is 0 Å². The summed E-state index contributed by atoms with van der Waals surface area (Å²) in [5.41, 5.74) is 1.30. The lowest BCUT2D eigenvalue weighted by Crippen LogP contribution is -2.22. The van der Waals surface area contributed by atoms with Crippen LogP contribution in [0.15, 0.2) is 11.5 Å². The molecule has 0 unspecified atom stereocenters. The zero-order valence-electron chi connectivity index (χ0n) is 6.59. The Hall–Kier alpha value is -0.275. The Labute approximate surface area is 62.4 Å². The van der Waals surface area contributed by atoms with E-state index in [9.17, 15) is 0 Å². The van der Waals surface area contributed by atoms with Gasteiger partial charge in [-0.1, -0.05) is 6.08 Å². The van der Waals surface area contributed by atoms with Crippen LogP contribution in [0.5, 0.6) is 0 Å². The number of rotatable bonds is 5. The molecule has 0 heterocycles. The minimum absolute atomic E-state index is 0.0463. The van der Waals surface area contributed by atoms with E-state index in [1.165, 1.54) is 5.47 Å². The van der Waals surface area contributed by atoms with E-state index < -0.39 is 0 Å². The SMILES string of the molecule is CCOB(OCC)C1=CC1. The van der Waals surface area contributed by atoms with Crippen molar-refractivity contribution in [2.45, 2.75) is 20.3 Å². The summed E-state index contributed by atoms with van der Waals surface area (Å²) in [6, 6.07) is 0. The van der Waals surface area contributed by atoms with Crippen LogP contribution >= 0.6 is 0 Å². The minimum Gasteiger partial charge on any atom is -0.408 e. The van der Waals surface area contributed by atoms with E-state index in [2.05, 4.69) is 6.08 Å². The first-order chi connectivity index (χ1) is 4.88. The van der Waals surface area contributed by atoms with Gasteiger partial charge in [-0.25, -0.2) is 0 Å². The monoisotopic (exact) mass is 140 g/mol. The molecule has 3 heteroatoms. The van der Waals surface area contributed by atoms with Crippen LogP contribution in [-0.2, 0) is 9.31 Å². The second-order valence-corrected chi connectivity index (χ2v) is 2.23. The highest BCUT2D eigenvalue weighted by molar-refractivity contribution is 6.55. The van der Waals surface area contributed by atoms with E-state index in [0.717, 1.165) is 19.6 Å². The van der Waals surface area contributed by atoms with Gasteiger partial charge in [0.25, 0.3) is 0 Å². The van der Waals surface area contributed by atoms with Gasteiger partial charge in [-0.2, -0.15) is 0 Å². The highest BCUT2D eigenvalue weighted by Crippen LogP contribution is 2.22. The molecule has 2 nitrogen and oxygen atoms in total. The summed E-state index contributed by atoms with van der Waals surface area (Å²) in [5, 5.41) is 0. The smallest absolute Gasteiger partial charge is 0.408 e. The Bertz CT molecular complexity index is 128. The lowest BCUT2D eigenvalue weighted by atomic mass is 9.85. The predicted octanol–water partition coefficient (Wildman–Crippen LogP) is 1.42. The average Bonchev–Trinajstić information content (AvgIpc) is 2.69. The van der Waals surface area contributed by atoms with E-state index in [1.807, 2.05) is 13.8 Å². The van der Waals surface area contributed by atoms with Crippen LogP contribution in [-0.4, -0.2) is 20.3 Å². The maximum absolute atomic E-state index is 5.32. The number of allylic oxidation sites excluding steroid dienone is 2. The van der Waals surface area contributed by atoms with Crippen LogP contribution in [0, 0.1) is 0 Å². The van der Waals surface area contributed by atoms with Crippen molar-refractivity contribution in [3.8, 4) is 0 Å². The lowest BCUT2D eigenvalue weighted by molar-refractivity contribution is 0.222. The number of hydrogen-bond acceptors (Lipinski definition) is 2. The van der Waals surface area contributed by atoms with Crippen molar-refractivity contribution in [1.29, 1.82) is 0 Å². The van der Waals surface area contributed by atoms with Crippen molar-refractivity contribution < 1.29 is 9.31 Å². The summed E-state index contributed by atoms with van der Waals surface area (Å²) in [5.74, 6) is 0. The topological polar surface area (TPSA) is 18.5 Å². The fourth-order valence-corrected chi connectivity index (χ4v) is 0.816. The quantitative estimate of drug-likeness (QED) is 0.537. The fourth-order valence-electron chi connectivity index (χ4n) is 0.816. The highest BCUT2D eigenvalue weighted by atomic mass is 16.6. The Balaban J connectivity index is 2.20. The van der Waals surface area contributed by atoms with Crippen LogP contribution in [0.1, 0.15) is 20.3 Å². The van der Waals surface area contributed by atoms with Crippen LogP contribution in [0.4, 0.5) is 0 Å². The first-order valence-corrected chi connectivity index (χ1v) is 3.80. The van der Waals surface area contributed by atoms with Gasteiger partial charge in [0.15, 0.2) is 0 Å². The van der Waals surface area contributed by atoms with Gasteiger partial charge in [0.1, 0.15) is 0 Å². The van der Waals surface area contributed by atoms with E-state index >= 15 is 0 Å². The predicted molar refractivity (Wildman–Crippen MR) is 41.7 cm³/mol. The van der Waals surface area contributed by atoms with E-state index in [0.29, 0.717) is 0 Å². The Morgan fingerprint density at radius 1 is 1.40 bits per heavy atom. The van der Waals surface area contributed by atoms with Crippen molar-refractivity contribution in [3.63, 3.8) is 0 Å². The third-order valence-corrected chi connectivity index (χ3v) is 1.38. The molecule has 0 saturated carbocycles. The standard InChI is InChI=1S/C7H13BO2/c1-3-9-8(10-4-2)7-5-6-7/h5H,3-4,6H2,1-2H3. The summed E-state index contributed by atoms with van der Waals surface area (Å²) in [7, 11) is -0.0463. The molecule has 10 heavy (non-hydrogen) atoms. The third-order valence-electron chi connectivity index (χ3n) is 1.38. The van der Waals surface area contributed by atoms with Gasteiger partial charge in [0, 0.05) is 13.2 Å². The van der Waals surface area contributed by atoms with Crippen molar-refractivity contribution >= 4 is 7.12 Å². The Morgan fingerprint density at radius 3 is 2.20 bits per heavy atom. The summed E-state index contributed by atoms with van der Waals surface area (Å²) in [6.45, 7) is 5.41. The second kappa shape index (κ2) is 3.79. The van der Waals surface area contributed by atoms with Gasteiger partial charge in [0.2, 0.25) is 0 Å². The molecule has 1 aliphatic rings. The third kappa shape index (κ3) is 2.16. The van der Waals surface area contributed by atoms with Crippen LogP contribution in [0.3, 0.4) is 0 Å². The van der Waals surface area contributed by atoms with E-state index in [1.54, 1.807) is 0 Å². The second-order valence-electron chi connectivity index (χ2n) is 2.23. The summed E-state index contributed by atoms with van der Waals surface area (Å²) in [4.78, 5) is 0. The van der Waals surface area contributed by atoms with Gasteiger partial charge in [0.05, 0.1) is 0 Å². The minimum atomic E-state index is -0.0463. The maximum Gasteiger partial charge on any atom is 0.489 e. The zero-order chi connectivity index (χ0) is 7.40. The molecule has 0 atom stereocenters. The van der Waals surface area contributed by atoms with Crippen LogP contribution in [0.25, 0.3) is 0 Å². The highest BCUT2D eigenvalue weighted by Gasteiger charge is 2.27. The summed E-state index contributed by atoms with van der Waals surface area (Å²) < 4.78 is 10.6. The molecular formula is C7H13BO2. The normalized spacial score (nSPS) is 14.8. The molecule has 0 fully saturated rings. The van der Waals surface area contributed by atoms with Crippen molar-refractivity contribution in [2.24, 2.45) is 0 Å². The van der Waals surface area contributed by atoms with Crippen molar-refractivity contribution in [2.75, 3.05) is 13.2 Å². The molecule has 0 saturated heterocycles. The Kier molecular flexibility index (Phi) is 2.96. The number of hydrogen-bond donors (Lipinski definition) is 0. The van der Waals surface area contributed by atoms with Crippen LogP contribution < -0.4 is 0 Å². The lowest BCUT2D eigenvalue weighted by Gasteiger charge is -2.08. The van der Waals surface area contributed by atoms with Gasteiger partial charge in [-0.05, 0) is 25.7 Å². The zero-order valence-corrected chi connectivity index (χ0v) is 6.59. The molecule has 0 radical (unpaired) electrons. The molecule has 0 aromatic heterocycles. The molecule has 1 rings (SSSR count). The van der Waals surface area contributed by atoms with Crippen LogP contribution in [0.2, 0.25) is 0 Å². The maximum atomic E-state index is 5.32. The van der Waals surface area contributed by atoms with Crippen molar-refractivity contribution in [3.05, 3.63) is 11.5 Å². The largest absolute Gasteiger partial charge is 0.489 e. The summed E-state index contributed by atoms with van der Waals surface area (Å²) in [6.07, 6.45) is 3.21. The fraction of sp³-hybridized carbons (Fsp3) is 0.714. The van der Waals surface area contributed by atoms with Gasteiger partial charge in [-0.15, -0.1) is 0 Å². The van der Waals surface area contributed by atoms with Gasteiger partial charge >= 0.3 is 7.12 Å². The van der Waals surface area contributed by atoms with E-state index in [4.69, 9.17) is 9.31 Å². The Morgan fingerprint density at radius 2 is 1.90 bits per heavy atom. The molecule has 0 N–H and O–H groups in total. The molecule has 1 aliphatic carbocycles. The molecule has 0 aromatic carbocycles. The molecule has 0 amide bonds. The molecule has 0 aliphatic heterocycles. The molecule has 0 aromatic rings. The summed E-state index contributed by atoms with van der Waals surface area (Å²) >= 11 is 0. The molecule has 0 bridgehead atoms. The molecular weight excluding hydrogens is 127 g/mol. The first kappa shape index (κ1) is 7.83. The van der Waals surface area contributed by atoms with Crippen molar-refractivity contribution in [1.82, 2.24) is 0 Å². The average molecular weight is 140 g/mol. The van der Waals surface area contributed by atoms with E-state index in [-0.39, 0.29) is 7.12 Å². The van der Waals surface area contributed by atoms with Gasteiger partial charge < -0.3 is 9.31 Å². The first-order valence-electron chi connectivity index (χ1n) is 3.80. The molecule has 56 valence electrons.